The van der Waals surface area contributed by atoms with Crippen molar-refractivity contribution in [2.24, 2.45) is 0 Å². The van der Waals surface area contributed by atoms with Crippen LogP contribution in [0.1, 0.15) is 6.92 Å². The van der Waals surface area contributed by atoms with Crippen LogP contribution in [0.5, 0.6) is 17.2 Å². The molecule has 5 heteroatoms. The number of ether oxygens (including phenoxy) is 4. The monoisotopic (exact) mass is 252 g/mol. The van der Waals surface area contributed by atoms with Crippen LogP contribution in [0.3, 0.4) is 0 Å². The summed E-state index contributed by atoms with van der Waals surface area (Å²) in [6.45, 7) is 2.07. The summed E-state index contributed by atoms with van der Waals surface area (Å²) in [5, 5.41) is 0. The average molecular weight is 252 g/mol. The highest BCUT2D eigenvalue weighted by atomic mass is 16.5. The fourth-order valence-corrected chi connectivity index (χ4v) is 1.21. The molecule has 1 aromatic carbocycles. The van der Waals surface area contributed by atoms with Gasteiger partial charge < -0.3 is 18.9 Å². The Morgan fingerprint density at radius 3 is 2.17 bits per heavy atom. The van der Waals surface area contributed by atoms with Crippen molar-refractivity contribution in [1.82, 2.24) is 0 Å². The summed E-state index contributed by atoms with van der Waals surface area (Å²) >= 11 is 0. The van der Waals surface area contributed by atoms with E-state index in [1.54, 1.807) is 39.3 Å². The Morgan fingerprint density at radius 2 is 1.67 bits per heavy atom. The van der Waals surface area contributed by atoms with E-state index in [4.69, 9.17) is 18.9 Å². The summed E-state index contributed by atoms with van der Waals surface area (Å²) in [6, 6.07) is 5.08. The number of rotatable bonds is 6. The molecule has 0 aliphatic heterocycles. The molecule has 0 aliphatic rings. The third kappa shape index (κ3) is 4.37. The Labute approximate surface area is 106 Å². The van der Waals surface area contributed by atoms with Gasteiger partial charge in [0.05, 0.1) is 33.2 Å². The van der Waals surface area contributed by atoms with E-state index in [9.17, 15) is 4.79 Å². The van der Waals surface area contributed by atoms with Crippen LogP contribution >= 0.6 is 0 Å². The molecule has 0 amide bonds. The average Bonchev–Trinajstić information content (AvgIpc) is 2.38. The molecule has 0 unspecified atom stereocenters. The third-order valence-electron chi connectivity index (χ3n) is 2.02. The van der Waals surface area contributed by atoms with Crippen LogP contribution in [0.4, 0.5) is 0 Å². The van der Waals surface area contributed by atoms with Crippen LogP contribution in [-0.4, -0.2) is 26.8 Å². The van der Waals surface area contributed by atoms with Gasteiger partial charge in [0, 0.05) is 18.2 Å². The van der Waals surface area contributed by atoms with Crippen molar-refractivity contribution in [3.8, 4) is 17.2 Å². The van der Waals surface area contributed by atoms with Gasteiger partial charge in [0.25, 0.3) is 0 Å². The lowest BCUT2D eigenvalue weighted by Gasteiger charge is -2.07. The van der Waals surface area contributed by atoms with E-state index >= 15 is 0 Å². The van der Waals surface area contributed by atoms with Crippen molar-refractivity contribution in [3.05, 3.63) is 30.5 Å². The van der Waals surface area contributed by atoms with E-state index in [1.807, 2.05) is 0 Å². The zero-order valence-corrected chi connectivity index (χ0v) is 10.6. The summed E-state index contributed by atoms with van der Waals surface area (Å²) in [4.78, 5) is 11.0. The van der Waals surface area contributed by atoms with Gasteiger partial charge in [0.1, 0.15) is 17.2 Å². The van der Waals surface area contributed by atoms with E-state index < -0.39 is 5.97 Å². The molecule has 0 aromatic heterocycles. The lowest BCUT2D eigenvalue weighted by atomic mass is 10.3. The van der Waals surface area contributed by atoms with E-state index in [1.165, 1.54) is 12.3 Å². The SMILES string of the molecule is CCOC(=O)/C=C/Oc1cc(OC)cc(OC)c1. The van der Waals surface area contributed by atoms with Crippen LogP contribution in [0.25, 0.3) is 0 Å². The molecule has 0 radical (unpaired) electrons. The minimum absolute atomic E-state index is 0.330. The lowest BCUT2D eigenvalue weighted by Crippen LogP contribution is -1.99. The maximum Gasteiger partial charge on any atom is 0.333 e. The van der Waals surface area contributed by atoms with Gasteiger partial charge in [-0.1, -0.05) is 0 Å². The van der Waals surface area contributed by atoms with Crippen molar-refractivity contribution in [2.45, 2.75) is 6.92 Å². The standard InChI is InChI=1S/C13H16O5/c1-4-17-13(14)5-6-18-12-8-10(15-2)7-11(9-12)16-3/h5-9H,4H2,1-3H3/b6-5+. The number of benzene rings is 1. The minimum Gasteiger partial charge on any atom is -0.496 e. The predicted octanol–water partition coefficient (Wildman–Crippen LogP) is 2.16. The number of carbonyl (C=O) groups is 1. The molecule has 0 aliphatic carbocycles. The van der Waals surface area contributed by atoms with E-state index in [2.05, 4.69) is 0 Å². The second kappa shape index (κ2) is 7.21. The van der Waals surface area contributed by atoms with Gasteiger partial charge in [-0.15, -0.1) is 0 Å². The molecule has 1 aromatic rings. The second-order valence-electron chi connectivity index (χ2n) is 3.22. The van der Waals surface area contributed by atoms with Crippen LogP contribution < -0.4 is 14.2 Å². The van der Waals surface area contributed by atoms with E-state index in [0.29, 0.717) is 23.9 Å². The third-order valence-corrected chi connectivity index (χ3v) is 2.02. The Balaban J connectivity index is 2.69. The van der Waals surface area contributed by atoms with Crippen molar-refractivity contribution in [1.29, 1.82) is 0 Å². The quantitative estimate of drug-likeness (QED) is 0.441. The largest absolute Gasteiger partial charge is 0.496 e. The Hall–Kier alpha value is -2.17. The molecule has 0 spiro atoms. The summed E-state index contributed by atoms with van der Waals surface area (Å²) in [5.41, 5.74) is 0. The molecule has 1 rings (SSSR count). The molecular formula is C13H16O5. The highest BCUT2D eigenvalue weighted by Crippen LogP contribution is 2.27. The number of carbonyl (C=O) groups excluding carboxylic acids is 1. The highest BCUT2D eigenvalue weighted by molar-refractivity contribution is 5.81. The summed E-state index contributed by atoms with van der Waals surface area (Å²) < 4.78 is 20.2. The number of esters is 1. The van der Waals surface area contributed by atoms with Gasteiger partial charge >= 0.3 is 5.97 Å². The molecule has 0 saturated heterocycles. The first-order valence-corrected chi connectivity index (χ1v) is 5.42. The number of hydrogen-bond acceptors (Lipinski definition) is 5. The lowest BCUT2D eigenvalue weighted by molar-refractivity contribution is -0.137. The first kappa shape index (κ1) is 13.9. The molecule has 0 heterocycles. The fraction of sp³-hybridized carbons (Fsp3) is 0.308. The summed E-state index contributed by atoms with van der Waals surface area (Å²) in [6.07, 6.45) is 2.46. The molecule has 0 N–H and O–H groups in total. The summed E-state index contributed by atoms with van der Waals surface area (Å²) in [7, 11) is 3.10. The van der Waals surface area contributed by atoms with Crippen LogP contribution in [0, 0.1) is 0 Å². The zero-order chi connectivity index (χ0) is 13.4. The van der Waals surface area contributed by atoms with Crippen molar-refractivity contribution in [2.75, 3.05) is 20.8 Å². The highest BCUT2D eigenvalue weighted by Gasteiger charge is 2.02. The molecular weight excluding hydrogens is 236 g/mol. The minimum atomic E-state index is -0.452. The molecule has 0 saturated carbocycles. The maximum absolute atomic E-state index is 11.0. The number of hydrogen-bond donors (Lipinski definition) is 0. The molecule has 5 nitrogen and oxygen atoms in total. The van der Waals surface area contributed by atoms with Gasteiger partial charge in [0.2, 0.25) is 0 Å². The van der Waals surface area contributed by atoms with Gasteiger partial charge in [-0.05, 0) is 6.92 Å². The van der Waals surface area contributed by atoms with Gasteiger partial charge in [-0.2, -0.15) is 0 Å². The van der Waals surface area contributed by atoms with Gasteiger partial charge in [-0.3, -0.25) is 0 Å². The van der Waals surface area contributed by atoms with E-state index in [0.717, 1.165) is 0 Å². The smallest absolute Gasteiger partial charge is 0.333 e. The first-order chi connectivity index (χ1) is 8.69. The topological polar surface area (TPSA) is 54.0 Å². The predicted molar refractivity (Wildman–Crippen MR) is 65.9 cm³/mol. The van der Waals surface area contributed by atoms with Crippen LogP contribution in [-0.2, 0) is 9.53 Å². The number of methoxy groups -OCH3 is 2. The van der Waals surface area contributed by atoms with Crippen molar-refractivity contribution < 1.29 is 23.7 Å². The van der Waals surface area contributed by atoms with Gasteiger partial charge in [0.15, 0.2) is 0 Å². The van der Waals surface area contributed by atoms with Crippen LogP contribution in [0.15, 0.2) is 30.5 Å². The zero-order valence-electron chi connectivity index (χ0n) is 10.6. The Bertz CT molecular complexity index is 403. The molecule has 18 heavy (non-hydrogen) atoms. The maximum atomic E-state index is 11.0. The second-order valence-corrected chi connectivity index (χ2v) is 3.22. The molecule has 98 valence electrons. The normalized spacial score (nSPS) is 10.2. The molecule has 0 fully saturated rings. The summed E-state index contributed by atoms with van der Waals surface area (Å²) in [5.74, 6) is 1.27. The Kier molecular flexibility index (Phi) is 5.57. The van der Waals surface area contributed by atoms with Gasteiger partial charge in [-0.25, -0.2) is 4.79 Å². The first-order valence-electron chi connectivity index (χ1n) is 5.42. The molecule has 0 bridgehead atoms. The fourth-order valence-electron chi connectivity index (χ4n) is 1.21. The van der Waals surface area contributed by atoms with Crippen molar-refractivity contribution >= 4 is 5.97 Å². The van der Waals surface area contributed by atoms with Crippen LogP contribution in [0.2, 0.25) is 0 Å². The Morgan fingerprint density at radius 1 is 1.11 bits per heavy atom. The molecule has 0 atom stereocenters. The van der Waals surface area contributed by atoms with E-state index in [-0.39, 0.29) is 0 Å². The van der Waals surface area contributed by atoms with Crippen molar-refractivity contribution in [3.63, 3.8) is 0 Å².